The fourth-order valence-electron chi connectivity index (χ4n) is 4.52. The SMILES string of the molecule is CN1CC(NCc2cccc3c2OCO3)CCCC(C(=O)N(C)Cc2cccnc2)CC1=O. The van der Waals surface area contributed by atoms with Crippen LogP contribution in [-0.2, 0) is 22.7 Å². The summed E-state index contributed by atoms with van der Waals surface area (Å²) in [5, 5.41) is 3.58. The number of hydrogen-bond donors (Lipinski definition) is 1. The first-order chi connectivity index (χ1) is 16.0. The van der Waals surface area contributed by atoms with Crippen LogP contribution >= 0.6 is 0 Å². The maximum absolute atomic E-state index is 13.1. The van der Waals surface area contributed by atoms with Crippen LogP contribution in [0.4, 0.5) is 0 Å². The zero-order valence-corrected chi connectivity index (χ0v) is 19.3. The van der Waals surface area contributed by atoms with Gasteiger partial charge in [-0.15, -0.1) is 0 Å². The highest BCUT2D eigenvalue weighted by atomic mass is 16.7. The Labute approximate surface area is 194 Å². The lowest BCUT2D eigenvalue weighted by atomic mass is 9.95. The second kappa shape index (κ2) is 10.7. The summed E-state index contributed by atoms with van der Waals surface area (Å²) in [6, 6.07) is 9.84. The molecule has 1 N–H and O–H groups in total. The molecule has 176 valence electrons. The minimum absolute atomic E-state index is 0.00849. The predicted octanol–water partition coefficient (Wildman–Crippen LogP) is 2.58. The van der Waals surface area contributed by atoms with E-state index in [1.165, 1.54) is 0 Å². The summed E-state index contributed by atoms with van der Waals surface area (Å²) in [5.41, 5.74) is 2.02. The van der Waals surface area contributed by atoms with Crippen molar-refractivity contribution in [3.63, 3.8) is 0 Å². The summed E-state index contributed by atoms with van der Waals surface area (Å²) in [4.78, 5) is 33.6. The molecule has 4 rings (SSSR count). The minimum atomic E-state index is -0.302. The first-order valence-electron chi connectivity index (χ1n) is 11.5. The van der Waals surface area contributed by atoms with Crippen LogP contribution in [-0.4, -0.2) is 60.1 Å². The smallest absolute Gasteiger partial charge is 0.231 e. The lowest BCUT2D eigenvalue weighted by Gasteiger charge is -2.25. The average molecular weight is 453 g/mol. The van der Waals surface area contributed by atoms with Crippen molar-refractivity contribution in [2.45, 2.75) is 44.8 Å². The van der Waals surface area contributed by atoms with Crippen LogP contribution in [0, 0.1) is 5.92 Å². The van der Waals surface area contributed by atoms with E-state index >= 15 is 0 Å². The summed E-state index contributed by atoms with van der Waals surface area (Å²) in [7, 11) is 3.62. The normalized spacial score (nSPS) is 20.7. The summed E-state index contributed by atoms with van der Waals surface area (Å²) < 4.78 is 11.1. The Bertz CT molecular complexity index is 968. The number of likely N-dealkylation sites (N-methyl/N-ethyl adjacent to an activating group) is 1. The number of carbonyl (C=O) groups is 2. The van der Waals surface area contributed by atoms with Gasteiger partial charge >= 0.3 is 0 Å². The molecule has 2 atom stereocenters. The van der Waals surface area contributed by atoms with E-state index in [9.17, 15) is 9.59 Å². The molecule has 0 bridgehead atoms. The summed E-state index contributed by atoms with van der Waals surface area (Å²) in [6.45, 7) is 1.98. The van der Waals surface area contributed by atoms with Crippen molar-refractivity contribution in [1.82, 2.24) is 20.1 Å². The summed E-state index contributed by atoms with van der Waals surface area (Å²) in [5.74, 6) is 1.29. The molecular weight excluding hydrogens is 420 g/mol. The second-order valence-corrected chi connectivity index (χ2v) is 8.89. The Balaban J connectivity index is 1.36. The van der Waals surface area contributed by atoms with E-state index in [1.54, 1.807) is 29.2 Å². The van der Waals surface area contributed by atoms with Crippen LogP contribution in [0.15, 0.2) is 42.7 Å². The number of benzene rings is 1. The van der Waals surface area contributed by atoms with Gasteiger partial charge < -0.3 is 24.6 Å². The van der Waals surface area contributed by atoms with E-state index in [4.69, 9.17) is 9.47 Å². The van der Waals surface area contributed by atoms with Crippen molar-refractivity contribution in [2.24, 2.45) is 5.92 Å². The Morgan fingerprint density at radius 3 is 2.94 bits per heavy atom. The number of fused-ring (bicyclic) bond motifs is 1. The number of pyridine rings is 1. The van der Waals surface area contributed by atoms with Crippen LogP contribution < -0.4 is 14.8 Å². The van der Waals surface area contributed by atoms with E-state index in [2.05, 4.69) is 10.3 Å². The molecule has 0 spiro atoms. The van der Waals surface area contributed by atoms with Gasteiger partial charge in [0.25, 0.3) is 0 Å². The number of nitrogens with one attached hydrogen (secondary N) is 1. The highest BCUT2D eigenvalue weighted by Crippen LogP contribution is 2.35. The number of ether oxygens (including phenoxy) is 2. The Morgan fingerprint density at radius 2 is 2.12 bits per heavy atom. The highest BCUT2D eigenvalue weighted by Gasteiger charge is 2.29. The standard InChI is InChI=1S/C25H32N4O4/c1-28-16-21(27-14-20-8-4-10-22-24(20)33-17-32-22)9-3-7-19(12-23(28)30)25(31)29(2)15-18-6-5-11-26-13-18/h4-6,8,10-11,13,19,21,27H,3,7,9,12,14-17H2,1-2H3. The minimum Gasteiger partial charge on any atom is -0.454 e. The van der Waals surface area contributed by atoms with E-state index < -0.39 is 0 Å². The first-order valence-corrected chi connectivity index (χ1v) is 11.5. The van der Waals surface area contributed by atoms with Crippen LogP contribution in [0.1, 0.15) is 36.8 Å². The maximum atomic E-state index is 13.1. The van der Waals surface area contributed by atoms with E-state index in [0.29, 0.717) is 26.1 Å². The molecule has 1 saturated heterocycles. The number of carbonyl (C=O) groups excluding carboxylic acids is 2. The molecule has 33 heavy (non-hydrogen) atoms. The Morgan fingerprint density at radius 1 is 1.24 bits per heavy atom. The second-order valence-electron chi connectivity index (χ2n) is 8.89. The molecule has 2 unspecified atom stereocenters. The van der Waals surface area contributed by atoms with Crippen molar-refractivity contribution in [1.29, 1.82) is 0 Å². The molecule has 0 aliphatic carbocycles. The van der Waals surface area contributed by atoms with E-state index in [1.807, 2.05) is 37.4 Å². The van der Waals surface area contributed by atoms with Crippen molar-refractivity contribution in [3.05, 3.63) is 53.9 Å². The molecule has 1 aromatic heterocycles. The third-order valence-electron chi connectivity index (χ3n) is 6.37. The summed E-state index contributed by atoms with van der Waals surface area (Å²) in [6.07, 6.45) is 6.20. The number of amides is 2. The molecule has 2 aliphatic heterocycles. The maximum Gasteiger partial charge on any atom is 0.231 e. The monoisotopic (exact) mass is 452 g/mol. The molecule has 3 heterocycles. The predicted molar refractivity (Wildman–Crippen MR) is 123 cm³/mol. The van der Waals surface area contributed by atoms with Gasteiger partial charge in [-0.2, -0.15) is 0 Å². The lowest BCUT2D eigenvalue weighted by Crippen LogP contribution is -2.42. The van der Waals surface area contributed by atoms with Crippen molar-refractivity contribution in [3.8, 4) is 11.5 Å². The molecule has 8 heteroatoms. The number of hydrogen-bond acceptors (Lipinski definition) is 6. The van der Waals surface area contributed by atoms with Crippen LogP contribution in [0.3, 0.4) is 0 Å². The zero-order chi connectivity index (χ0) is 23.2. The van der Waals surface area contributed by atoms with Gasteiger partial charge in [-0.1, -0.05) is 24.6 Å². The van der Waals surface area contributed by atoms with Crippen molar-refractivity contribution >= 4 is 11.8 Å². The van der Waals surface area contributed by atoms with Gasteiger partial charge in [0.2, 0.25) is 18.6 Å². The molecule has 1 fully saturated rings. The van der Waals surface area contributed by atoms with Gasteiger partial charge in [0.05, 0.1) is 0 Å². The van der Waals surface area contributed by atoms with Gasteiger partial charge in [0.15, 0.2) is 11.5 Å². The van der Waals surface area contributed by atoms with Gasteiger partial charge in [-0.3, -0.25) is 14.6 Å². The number of para-hydroxylation sites is 1. The van der Waals surface area contributed by atoms with Crippen LogP contribution in [0.2, 0.25) is 0 Å². The quantitative estimate of drug-likeness (QED) is 0.725. The third kappa shape index (κ3) is 5.82. The van der Waals surface area contributed by atoms with Crippen LogP contribution in [0.5, 0.6) is 11.5 Å². The van der Waals surface area contributed by atoms with E-state index in [-0.39, 0.29) is 37.0 Å². The fourth-order valence-corrected chi connectivity index (χ4v) is 4.52. The van der Waals surface area contributed by atoms with Gasteiger partial charge in [0.1, 0.15) is 0 Å². The largest absolute Gasteiger partial charge is 0.454 e. The van der Waals surface area contributed by atoms with Crippen molar-refractivity contribution in [2.75, 3.05) is 27.4 Å². The highest BCUT2D eigenvalue weighted by molar-refractivity contribution is 5.85. The van der Waals surface area contributed by atoms with Gasteiger partial charge in [-0.05, 0) is 30.5 Å². The average Bonchev–Trinajstić information content (AvgIpc) is 3.32. The fraction of sp³-hybridized carbons (Fsp3) is 0.480. The zero-order valence-electron chi connectivity index (χ0n) is 19.3. The molecule has 0 radical (unpaired) electrons. The topological polar surface area (TPSA) is 84.0 Å². The molecular formula is C25H32N4O4. The molecule has 1 aromatic carbocycles. The third-order valence-corrected chi connectivity index (χ3v) is 6.37. The van der Waals surface area contributed by atoms with Gasteiger partial charge in [-0.25, -0.2) is 0 Å². The molecule has 2 aliphatic rings. The Kier molecular flexibility index (Phi) is 7.44. The number of rotatable bonds is 6. The molecule has 2 aromatic rings. The van der Waals surface area contributed by atoms with E-state index in [0.717, 1.165) is 35.5 Å². The van der Waals surface area contributed by atoms with Gasteiger partial charge in [0, 0.05) is 70.1 Å². The number of nitrogens with zero attached hydrogens (tertiary/aromatic N) is 3. The first kappa shape index (κ1) is 23.0. The lowest BCUT2D eigenvalue weighted by molar-refractivity contribution is -0.140. The van der Waals surface area contributed by atoms with Crippen molar-refractivity contribution < 1.29 is 19.1 Å². The Hall–Kier alpha value is -3.13. The summed E-state index contributed by atoms with van der Waals surface area (Å²) >= 11 is 0. The number of aromatic nitrogens is 1. The molecule has 2 amide bonds. The molecule has 8 nitrogen and oxygen atoms in total. The molecule has 0 saturated carbocycles. The van der Waals surface area contributed by atoms with Crippen LogP contribution in [0.25, 0.3) is 0 Å².